The van der Waals surface area contributed by atoms with Crippen LogP contribution in [0.3, 0.4) is 0 Å². The van der Waals surface area contributed by atoms with Crippen LogP contribution in [-0.2, 0) is 0 Å². The van der Waals surface area contributed by atoms with Crippen molar-refractivity contribution < 1.29 is 18.3 Å². The largest absolute Gasteiger partial charge is 0.390 e. The van der Waals surface area contributed by atoms with E-state index in [-0.39, 0.29) is 6.42 Å². The zero-order chi connectivity index (χ0) is 8.54. The van der Waals surface area contributed by atoms with Gasteiger partial charge in [-0.25, -0.2) is 0 Å². The van der Waals surface area contributed by atoms with Gasteiger partial charge < -0.3 is 5.11 Å². The third-order valence-electron chi connectivity index (χ3n) is 1.93. The lowest BCUT2D eigenvalue weighted by molar-refractivity contribution is -0.136. The number of hydrogen-bond acceptors (Lipinski definition) is 1. The molecule has 0 unspecified atom stereocenters. The lowest BCUT2D eigenvalue weighted by Crippen LogP contribution is -2.11. The Morgan fingerprint density at radius 2 is 1.82 bits per heavy atom. The first-order valence-electron chi connectivity index (χ1n) is 3.70. The molecule has 0 radical (unpaired) electrons. The molecule has 66 valence electrons. The topological polar surface area (TPSA) is 20.2 Å². The highest BCUT2D eigenvalue weighted by atomic mass is 19.4. The molecule has 0 aliphatic heterocycles. The Morgan fingerprint density at radius 1 is 1.27 bits per heavy atom. The van der Waals surface area contributed by atoms with Crippen molar-refractivity contribution in [2.45, 2.75) is 43.9 Å². The number of aliphatic hydroxyl groups is 1. The summed E-state index contributed by atoms with van der Waals surface area (Å²) in [6, 6.07) is 0. The van der Waals surface area contributed by atoms with Gasteiger partial charge in [-0.1, -0.05) is 0 Å². The molecule has 1 rings (SSSR count). The second-order valence-corrected chi connectivity index (χ2v) is 3.19. The van der Waals surface area contributed by atoms with Crippen LogP contribution in [0.5, 0.6) is 0 Å². The number of halogens is 3. The van der Waals surface area contributed by atoms with Crippen LogP contribution in [0, 0.1) is 0 Å². The summed E-state index contributed by atoms with van der Waals surface area (Å²) in [6.07, 6.45) is -3.14. The molecule has 0 atom stereocenters. The van der Waals surface area contributed by atoms with E-state index in [1.807, 2.05) is 0 Å². The quantitative estimate of drug-likeness (QED) is 0.685. The summed E-state index contributed by atoms with van der Waals surface area (Å²) >= 11 is 0. The minimum Gasteiger partial charge on any atom is -0.390 e. The Balaban J connectivity index is 2.05. The predicted octanol–water partition coefficient (Wildman–Crippen LogP) is 2.24. The van der Waals surface area contributed by atoms with E-state index >= 15 is 0 Å². The average molecular weight is 168 g/mol. The lowest BCUT2D eigenvalue weighted by Gasteiger charge is -2.08. The first-order valence-corrected chi connectivity index (χ1v) is 3.70. The van der Waals surface area contributed by atoms with Crippen molar-refractivity contribution in [3.63, 3.8) is 0 Å². The van der Waals surface area contributed by atoms with E-state index < -0.39 is 18.2 Å². The van der Waals surface area contributed by atoms with E-state index in [4.69, 9.17) is 5.11 Å². The van der Waals surface area contributed by atoms with Crippen molar-refractivity contribution in [1.82, 2.24) is 0 Å². The lowest BCUT2D eigenvalue weighted by atomic mass is 10.1. The van der Waals surface area contributed by atoms with Crippen LogP contribution in [0.15, 0.2) is 0 Å². The summed E-state index contributed by atoms with van der Waals surface area (Å²) in [5, 5.41) is 9.16. The molecule has 1 fully saturated rings. The van der Waals surface area contributed by atoms with Gasteiger partial charge >= 0.3 is 6.18 Å². The van der Waals surface area contributed by atoms with Crippen molar-refractivity contribution >= 4 is 0 Å². The molecule has 1 aliphatic rings. The number of alkyl halides is 3. The number of hydrogen-bond donors (Lipinski definition) is 1. The zero-order valence-corrected chi connectivity index (χ0v) is 6.12. The standard InChI is InChI=1S/C7H11F3O/c8-7(9,10)3-1-2-6(11)4-5-6/h11H,1-5H2. The fourth-order valence-electron chi connectivity index (χ4n) is 1.01. The Bertz CT molecular complexity index is 132. The highest BCUT2D eigenvalue weighted by molar-refractivity contribution is 4.92. The molecular formula is C7H11F3O. The summed E-state index contributed by atoms with van der Waals surface area (Å²) < 4.78 is 34.7. The zero-order valence-electron chi connectivity index (χ0n) is 6.12. The van der Waals surface area contributed by atoms with Gasteiger partial charge in [0.15, 0.2) is 0 Å². The van der Waals surface area contributed by atoms with Gasteiger partial charge in [0.2, 0.25) is 0 Å². The summed E-state index contributed by atoms with van der Waals surface area (Å²) in [5.41, 5.74) is -0.731. The van der Waals surface area contributed by atoms with Crippen LogP contribution in [0.1, 0.15) is 32.1 Å². The molecule has 0 spiro atoms. The molecule has 1 saturated carbocycles. The first-order chi connectivity index (χ1) is 4.91. The molecule has 1 N–H and O–H groups in total. The second kappa shape index (κ2) is 2.66. The van der Waals surface area contributed by atoms with Crippen LogP contribution in [0.2, 0.25) is 0 Å². The van der Waals surface area contributed by atoms with Crippen LogP contribution < -0.4 is 0 Å². The second-order valence-electron chi connectivity index (χ2n) is 3.19. The third-order valence-corrected chi connectivity index (χ3v) is 1.93. The van der Waals surface area contributed by atoms with Gasteiger partial charge in [0.05, 0.1) is 5.60 Å². The molecule has 0 saturated heterocycles. The molecule has 1 nitrogen and oxygen atoms in total. The van der Waals surface area contributed by atoms with Gasteiger partial charge in [-0.2, -0.15) is 13.2 Å². The summed E-state index contributed by atoms with van der Waals surface area (Å²) in [7, 11) is 0. The minimum atomic E-state index is -4.06. The fourth-order valence-corrected chi connectivity index (χ4v) is 1.01. The molecule has 0 aromatic carbocycles. The first kappa shape index (κ1) is 8.84. The maximum atomic E-state index is 11.6. The van der Waals surface area contributed by atoms with Gasteiger partial charge in [-0.3, -0.25) is 0 Å². The van der Waals surface area contributed by atoms with Crippen molar-refractivity contribution in [2.24, 2.45) is 0 Å². The van der Waals surface area contributed by atoms with Crippen molar-refractivity contribution in [3.8, 4) is 0 Å². The minimum absolute atomic E-state index is 0.0556. The van der Waals surface area contributed by atoms with E-state index in [9.17, 15) is 13.2 Å². The summed E-state index contributed by atoms with van der Waals surface area (Å²) in [5.74, 6) is 0. The number of rotatable bonds is 3. The average Bonchev–Trinajstić information content (AvgIpc) is 2.44. The van der Waals surface area contributed by atoms with Crippen molar-refractivity contribution in [3.05, 3.63) is 0 Å². The van der Waals surface area contributed by atoms with Gasteiger partial charge in [-0.05, 0) is 25.7 Å². The molecule has 4 heteroatoms. The van der Waals surface area contributed by atoms with Gasteiger partial charge in [0, 0.05) is 6.42 Å². The van der Waals surface area contributed by atoms with E-state index in [2.05, 4.69) is 0 Å². The molecule has 11 heavy (non-hydrogen) atoms. The molecule has 0 amide bonds. The smallest absolute Gasteiger partial charge is 0.389 e. The van der Waals surface area contributed by atoms with Gasteiger partial charge in [-0.15, -0.1) is 0 Å². The monoisotopic (exact) mass is 168 g/mol. The molecule has 0 bridgehead atoms. The molecular weight excluding hydrogens is 157 g/mol. The molecule has 0 aromatic heterocycles. The highest BCUT2D eigenvalue weighted by Gasteiger charge is 2.40. The Hall–Kier alpha value is -0.250. The molecule has 0 heterocycles. The summed E-state index contributed by atoms with van der Waals surface area (Å²) in [4.78, 5) is 0. The van der Waals surface area contributed by atoms with E-state index in [1.54, 1.807) is 0 Å². The van der Waals surface area contributed by atoms with E-state index in [0.29, 0.717) is 19.3 Å². The van der Waals surface area contributed by atoms with Crippen LogP contribution in [0.25, 0.3) is 0 Å². The normalized spacial score (nSPS) is 21.8. The fraction of sp³-hybridized carbons (Fsp3) is 1.00. The third kappa shape index (κ3) is 3.60. The molecule has 1 aliphatic carbocycles. The Labute approximate surface area is 63.2 Å². The predicted molar refractivity (Wildman–Crippen MR) is 34.1 cm³/mol. The van der Waals surface area contributed by atoms with Crippen LogP contribution in [-0.4, -0.2) is 16.9 Å². The Morgan fingerprint density at radius 3 is 2.18 bits per heavy atom. The van der Waals surface area contributed by atoms with Gasteiger partial charge in [0.25, 0.3) is 0 Å². The highest BCUT2D eigenvalue weighted by Crippen LogP contribution is 2.40. The molecule has 0 aromatic rings. The SMILES string of the molecule is OC1(CCCC(F)(F)F)CC1. The van der Waals surface area contributed by atoms with E-state index in [1.165, 1.54) is 0 Å². The van der Waals surface area contributed by atoms with Crippen molar-refractivity contribution in [1.29, 1.82) is 0 Å². The van der Waals surface area contributed by atoms with Crippen LogP contribution in [0.4, 0.5) is 13.2 Å². The van der Waals surface area contributed by atoms with Crippen molar-refractivity contribution in [2.75, 3.05) is 0 Å². The maximum Gasteiger partial charge on any atom is 0.389 e. The maximum absolute atomic E-state index is 11.6. The van der Waals surface area contributed by atoms with Gasteiger partial charge in [0.1, 0.15) is 0 Å². The summed E-state index contributed by atoms with van der Waals surface area (Å²) in [6.45, 7) is 0. The Kier molecular flexibility index (Phi) is 2.14. The van der Waals surface area contributed by atoms with Crippen LogP contribution >= 0.6 is 0 Å². The van der Waals surface area contributed by atoms with E-state index in [0.717, 1.165) is 0 Å².